The van der Waals surface area contributed by atoms with E-state index < -0.39 is 0 Å². The van der Waals surface area contributed by atoms with Crippen molar-refractivity contribution < 1.29 is 9.53 Å². The molecule has 1 rings (SSSR count). The van der Waals surface area contributed by atoms with Gasteiger partial charge < -0.3 is 15.0 Å². The smallest absolute Gasteiger partial charge is 0.246 e. The lowest BCUT2D eigenvalue weighted by atomic mass is 10.1. The second-order valence-electron chi connectivity index (χ2n) is 3.73. The van der Waals surface area contributed by atoms with E-state index in [0.29, 0.717) is 6.54 Å². The summed E-state index contributed by atoms with van der Waals surface area (Å²) in [6.45, 7) is 0.626. The normalized spacial score (nSPS) is 9.94. The van der Waals surface area contributed by atoms with Gasteiger partial charge in [-0.05, 0) is 11.6 Å². The van der Waals surface area contributed by atoms with Crippen LogP contribution in [0.2, 0.25) is 0 Å². The van der Waals surface area contributed by atoms with Gasteiger partial charge in [0, 0.05) is 33.4 Å². The lowest BCUT2D eigenvalue weighted by Crippen LogP contribution is -2.27. The largest absolute Gasteiger partial charge is 0.377 e. The first kappa shape index (κ1) is 12.5. The zero-order valence-electron chi connectivity index (χ0n) is 9.99. The molecule has 16 heavy (non-hydrogen) atoms. The molecule has 88 valence electrons. The minimum atomic E-state index is -0.101. The number of benzene rings is 1. The predicted molar refractivity (Wildman–Crippen MR) is 64.5 cm³/mol. The summed E-state index contributed by atoms with van der Waals surface area (Å²) in [5.41, 5.74) is 2.21. The highest BCUT2D eigenvalue weighted by atomic mass is 16.5. The van der Waals surface area contributed by atoms with Crippen molar-refractivity contribution >= 4 is 11.6 Å². The second kappa shape index (κ2) is 6.12. The van der Waals surface area contributed by atoms with E-state index in [1.54, 1.807) is 0 Å². The van der Waals surface area contributed by atoms with Crippen LogP contribution in [-0.2, 0) is 16.1 Å². The third kappa shape index (κ3) is 3.55. The maximum atomic E-state index is 11.2. The number of carbonyl (C=O) groups is 1. The van der Waals surface area contributed by atoms with Crippen LogP contribution in [0.4, 0.5) is 5.69 Å². The topological polar surface area (TPSA) is 41.6 Å². The molecule has 0 saturated heterocycles. The number of nitrogens with zero attached hydrogens (tertiary/aromatic N) is 1. The van der Waals surface area contributed by atoms with Crippen molar-refractivity contribution in [1.82, 2.24) is 5.32 Å². The molecular weight excluding hydrogens is 204 g/mol. The third-order valence-electron chi connectivity index (χ3n) is 2.22. The van der Waals surface area contributed by atoms with Crippen molar-refractivity contribution in [2.24, 2.45) is 0 Å². The van der Waals surface area contributed by atoms with E-state index >= 15 is 0 Å². The number of para-hydroxylation sites is 1. The molecule has 0 aliphatic carbocycles. The molecule has 1 N–H and O–H groups in total. The molecule has 0 bridgehead atoms. The number of amides is 1. The van der Waals surface area contributed by atoms with Crippen LogP contribution < -0.4 is 10.2 Å². The Balaban J connectivity index is 2.63. The summed E-state index contributed by atoms with van der Waals surface area (Å²) < 4.78 is 4.75. The van der Waals surface area contributed by atoms with Gasteiger partial charge >= 0.3 is 0 Å². The highest BCUT2D eigenvalue weighted by Crippen LogP contribution is 2.17. The predicted octanol–water partition coefficient (Wildman–Crippen LogP) is 1.02. The lowest BCUT2D eigenvalue weighted by molar-refractivity contribution is -0.124. The minimum absolute atomic E-state index is 0.101. The Bertz CT molecular complexity index is 351. The van der Waals surface area contributed by atoms with Gasteiger partial charge in [-0.1, -0.05) is 18.2 Å². The van der Waals surface area contributed by atoms with Gasteiger partial charge in [0.15, 0.2) is 0 Å². The van der Waals surface area contributed by atoms with E-state index in [9.17, 15) is 4.79 Å². The Morgan fingerprint density at radius 1 is 1.38 bits per heavy atom. The van der Waals surface area contributed by atoms with Gasteiger partial charge in [-0.3, -0.25) is 4.79 Å². The first-order chi connectivity index (χ1) is 7.65. The van der Waals surface area contributed by atoms with Crippen molar-refractivity contribution in [1.29, 1.82) is 0 Å². The van der Waals surface area contributed by atoms with Gasteiger partial charge in [0.25, 0.3) is 0 Å². The Hall–Kier alpha value is -1.55. The first-order valence-corrected chi connectivity index (χ1v) is 5.16. The van der Waals surface area contributed by atoms with Crippen molar-refractivity contribution in [3.63, 3.8) is 0 Å². The molecule has 0 saturated carbocycles. The number of rotatable bonds is 5. The van der Waals surface area contributed by atoms with Crippen LogP contribution in [0.1, 0.15) is 5.56 Å². The summed E-state index contributed by atoms with van der Waals surface area (Å²) in [5, 5.41) is 2.80. The molecule has 0 spiro atoms. The Morgan fingerprint density at radius 3 is 2.69 bits per heavy atom. The average Bonchev–Trinajstić information content (AvgIpc) is 2.27. The van der Waals surface area contributed by atoms with Crippen LogP contribution in [0, 0.1) is 0 Å². The molecule has 0 atom stereocenters. The summed E-state index contributed by atoms with van der Waals surface area (Å²) in [7, 11) is 5.47. The van der Waals surface area contributed by atoms with Crippen molar-refractivity contribution in [2.75, 3.05) is 32.7 Å². The Labute approximate surface area is 96.2 Å². The number of methoxy groups -OCH3 is 1. The van der Waals surface area contributed by atoms with E-state index in [0.717, 1.165) is 11.3 Å². The van der Waals surface area contributed by atoms with Crippen LogP contribution in [0.3, 0.4) is 0 Å². The second-order valence-corrected chi connectivity index (χ2v) is 3.73. The molecule has 1 aromatic carbocycles. The molecule has 4 nitrogen and oxygen atoms in total. The van der Waals surface area contributed by atoms with Crippen molar-refractivity contribution in [3.05, 3.63) is 29.8 Å². The quantitative estimate of drug-likeness (QED) is 0.808. The van der Waals surface area contributed by atoms with Gasteiger partial charge in [-0.2, -0.15) is 0 Å². The Morgan fingerprint density at radius 2 is 2.06 bits per heavy atom. The minimum Gasteiger partial charge on any atom is -0.377 e. The van der Waals surface area contributed by atoms with Crippen LogP contribution in [-0.4, -0.2) is 33.7 Å². The van der Waals surface area contributed by atoms with Gasteiger partial charge in [-0.25, -0.2) is 0 Å². The number of anilines is 1. The van der Waals surface area contributed by atoms with Crippen LogP contribution >= 0.6 is 0 Å². The highest BCUT2D eigenvalue weighted by molar-refractivity contribution is 5.77. The van der Waals surface area contributed by atoms with E-state index in [1.807, 2.05) is 43.3 Å². The fourth-order valence-corrected chi connectivity index (χ4v) is 1.47. The maximum absolute atomic E-state index is 11.2. The van der Waals surface area contributed by atoms with Crippen molar-refractivity contribution in [2.45, 2.75) is 6.54 Å². The zero-order chi connectivity index (χ0) is 12.0. The SMILES string of the molecule is COCC(=O)NCc1ccccc1N(C)C. The summed E-state index contributed by atoms with van der Waals surface area (Å²) in [5.74, 6) is -0.101. The van der Waals surface area contributed by atoms with E-state index in [4.69, 9.17) is 4.74 Å². The van der Waals surface area contributed by atoms with Gasteiger partial charge in [0.1, 0.15) is 6.61 Å². The van der Waals surface area contributed by atoms with Gasteiger partial charge in [0.05, 0.1) is 0 Å². The molecule has 0 aromatic heterocycles. The maximum Gasteiger partial charge on any atom is 0.246 e. The number of ether oxygens (including phenoxy) is 1. The van der Waals surface area contributed by atoms with Crippen LogP contribution in [0.5, 0.6) is 0 Å². The standard InChI is InChI=1S/C12H18N2O2/c1-14(2)11-7-5-4-6-10(11)8-13-12(15)9-16-3/h4-7H,8-9H2,1-3H3,(H,13,15). The van der Waals surface area contributed by atoms with Gasteiger partial charge in [-0.15, -0.1) is 0 Å². The van der Waals surface area contributed by atoms with E-state index in [2.05, 4.69) is 5.32 Å². The monoisotopic (exact) mass is 222 g/mol. The molecule has 1 amide bonds. The molecule has 0 heterocycles. The third-order valence-corrected chi connectivity index (χ3v) is 2.22. The van der Waals surface area contributed by atoms with Gasteiger partial charge in [0.2, 0.25) is 5.91 Å². The Kier molecular flexibility index (Phi) is 4.79. The van der Waals surface area contributed by atoms with E-state index in [-0.39, 0.29) is 12.5 Å². The summed E-state index contributed by atoms with van der Waals surface area (Å²) in [6.07, 6.45) is 0. The highest BCUT2D eigenvalue weighted by Gasteiger charge is 2.05. The summed E-state index contributed by atoms with van der Waals surface area (Å²) in [4.78, 5) is 13.3. The number of nitrogens with one attached hydrogen (secondary N) is 1. The first-order valence-electron chi connectivity index (χ1n) is 5.16. The molecule has 0 aliphatic heterocycles. The molecule has 0 unspecified atom stereocenters. The molecule has 0 aliphatic rings. The lowest BCUT2D eigenvalue weighted by Gasteiger charge is -2.17. The molecular formula is C12H18N2O2. The molecule has 0 fully saturated rings. The number of carbonyl (C=O) groups excluding carboxylic acids is 1. The van der Waals surface area contributed by atoms with Crippen LogP contribution in [0.25, 0.3) is 0 Å². The van der Waals surface area contributed by atoms with E-state index in [1.165, 1.54) is 7.11 Å². The molecule has 4 heteroatoms. The van der Waals surface area contributed by atoms with Crippen LogP contribution in [0.15, 0.2) is 24.3 Å². The number of hydrogen-bond donors (Lipinski definition) is 1. The fraction of sp³-hybridized carbons (Fsp3) is 0.417. The van der Waals surface area contributed by atoms with Crippen molar-refractivity contribution in [3.8, 4) is 0 Å². The number of hydrogen-bond acceptors (Lipinski definition) is 3. The molecule has 1 aromatic rings. The average molecular weight is 222 g/mol. The fourth-order valence-electron chi connectivity index (χ4n) is 1.47. The zero-order valence-corrected chi connectivity index (χ0v) is 9.99. The summed E-state index contributed by atoms with van der Waals surface area (Å²) in [6, 6.07) is 7.97. The summed E-state index contributed by atoms with van der Waals surface area (Å²) >= 11 is 0. The molecule has 0 radical (unpaired) electrons.